The highest BCUT2D eigenvalue weighted by molar-refractivity contribution is 6.33. The zero-order valence-corrected chi connectivity index (χ0v) is 12.3. The van der Waals surface area contributed by atoms with Crippen molar-refractivity contribution >= 4 is 23.7 Å². The minimum atomic E-state index is -0.553. The standard InChI is InChI=1S/C15H10ClFN4O2/c16-10-3-1-4-11(17)9(10)8-18-21-15(22)13-7-12(19-20-13)14-5-2-6-23-14/h1-8H,(H,19,20)(H,21,22)/b18-8+. The summed E-state index contributed by atoms with van der Waals surface area (Å²) in [5.41, 5.74) is 3.02. The summed E-state index contributed by atoms with van der Waals surface area (Å²) in [6.45, 7) is 0. The number of amides is 1. The highest BCUT2D eigenvalue weighted by atomic mass is 35.5. The third-order valence-corrected chi connectivity index (χ3v) is 3.29. The van der Waals surface area contributed by atoms with Gasteiger partial charge in [-0.1, -0.05) is 17.7 Å². The van der Waals surface area contributed by atoms with Crippen molar-refractivity contribution in [2.75, 3.05) is 0 Å². The number of halogens is 2. The topological polar surface area (TPSA) is 83.3 Å². The van der Waals surface area contributed by atoms with Gasteiger partial charge in [0, 0.05) is 11.6 Å². The molecule has 3 aromatic rings. The predicted molar refractivity (Wildman–Crippen MR) is 82.8 cm³/mol. The minimum Gasteiger partial charge on any atom is -0.463 e. The molecule has 3 rings (SSSR count). The van der Waals surface area contributed by atoms with E-state index in [4.69, 9.17) is 16.0 Å². The van der Waals surface area contributed by atoms with Gasteiger partial charge in [0.15, 0.2) is 11.5 Å². The first-order chi connectivity index (χ1) is 11.1. The maximum atomic E-state index is 13.5. The van der Waals surface area contributed by atoms with Crippen LogP contribution < -0.4 is 5.43 Å². The van der Waals surface area contributed by atoms with Crippen LogP contribution in [0, 0.1) is 5.82 Å². The van der Waals surface area contributed by atoms with E-state index < -0.39 is 11.7 Å². The van der Waals surface area contributed by atoms with E-state index in [0.29, 0.717) is 11.5 Å². The lowest BCUT2D eigenvalue weighted by Crippen LogP contribution is -2.18. The molecular weight excluding hydrogens is 323 g/mol. The Kier molecular flexibility index (Phi) is 4.20. The number of H-pyrrole nitrogens is 1. The summed E-state index contributed by atoms with van der Waals surface area (Å²) in [4.78, 5) is 11.9. The van der Waals surface area contributed by atoms with E-state index in [-0.39, 0.29) is 16.3 Å². The Balaban J connectivity index is 1.69. The first kappa shape index (κ1) is 15.0. The number of furan rings is 1. The van der Waals surface area contributed by atoms with Gasteiger partial charge < -0.3 is 4.42 Å². The summed E-state index contributed by atoms with van der Waals surface area (Å²) in [6.07, 6.45) is 2.65. The Bertz CT molecular complexity index is 838. The molecule has 0 aliphatic carbocycles. The normalized spacial score (nSPS) is 11.0. The maximum Gasteiger partial charge on any atom is 0.291 e. The summed E-state index contributed by atoms with van der Waals surface area (Å²) in [7, 11) is 0. The number of nitrogens with zero attached hydrogens (tertiary/aromatic N) is 2. The van der Waals surface area contributed by atoms with Crippen LogP contribution in [0.3, 0.4) is 0 Å². The van der Waals surface area contributed by atoms with Crippen LogP contribution in [0.15, 0.2) is 52.2 Å². The molecule has 2 N–H and O–H groups in total. The van der Waals surface area contributed by atoms with Crippen LogP contribution in [-0.2, 0) is 0 Å². The van der Waals surface area contributed by atoms with Gasteiger partial charge in [0.05, 0.1) is 17.5 Å². The van der Waals surface area contributed by atoms with Gasteiger partial charge in [-0.2, -0.15) is 10.2 Å². The van der Waals surface area contributed by atoms with Crippen molar-refractivity contribution in [1.29, 1.82) is 0 Å². The van der Waals surface area contributed by atoms with Gasteiger partial charge >= 0.3 is 0 Å². The molecule has 0 bridgehead atoms. The van der Waals surface area contributed by atoms with Gasteiger partial charge in [-0.25, -0.2) is 9.82 Å². The summed E-state index contributed by atoms with van der Waals surface area (Å²) >= 11 is 5.85. The number of hydrogen-bond acceptors (Lipinski definition) is 4. The molecule has 23 heavy (non-hydrogen) atoms. The van der Waals surface area contributed by atoms with Crippen LogP contribution in [-0.4, -0.2) is 22.3 Å². The largest absolute Gasteiger partial charge is 0.463 e. The summed E-state index contributed by atoms with van der Waals surface area (Å²) in [5, 5.41) is 10.4. The Labute approximate surface area is 135 Å². The number of aromatic amines is 1. The van der Waals surface area contributed by atoms with Crippen LogP contribution in [0.2, 0.25) is 5.02 Å². The Morgan fingerprint density at radius 2 is 2.26 bits per heavy atom. The third-order valence-electron chi connectivity index (χ3n) is 2.96. The fourth-order valence-electron chi connectivity index (χ4n) is 1.84. The Morgan fingerprint density at radius 3 is 3.00 bits per heavy atom. The zero-order valence-electron chi connectivity index (χ0n) is 11.6. The third kappa shape index (κ3) is 3.29. The van der Waals surface area contributed by atoms with E-state index in [2.05, 4.69) is 20.7 Å². The van der Waals surface area contributed by atoms with Crippen LogP contribution in [0.4, 0.5) is 4.39 Å². The fraction of sp³-hybridized carbons (Fsp3) is 0. The Hall–Kier alpha value is -2.93. The van der Waals surface area contributed by atoms with Gasteiger partial charge in [0.2, 0.25) is 0 Å². The fourth-order valence-corrected chi connectivity index (χ4v) is 2.05. The average Bonchev–Trinajstić information content (AvgIpc) is 3.20. The SMILES string of the molecule is O=C(N/N=C/c1c(F)cccc1Cl)c1cc(-c2ccco2)[nH]n1. The van der Waals surface area contributed by atoms with E-state index >= 15 is 0 Å². The summed E-state index contributed by atoms with van der Waals surface area (Å²) < 4.78 is 18.7. The van der Waals surface area contributed by atoms with Crippen LogP contribution in [0.25, 0.3) is 11.5 Å². The highest BCUT2D eigenvalue weighted by Crippen LogP contribution is 2.18. The molecule has 2 aromatic heterocycles. The second kappa shape index (κ2) is 6.45. The van der Waals surface area contributed by atoms with Gasteiger partial charge in [-0.05, 0) is 24.3 Å². The van der Waals surface area contributed by atoms with E-state index in [0.717, 1.165) is 6.21 Å². The maximum absolute atomic E-state index is 13.5. The second-order valence-electron chi connectivity index (χ2n) is 4.48. The second-order valence-corrected chi connectivity index (χ2v) is 4.89. The zero-order chi connectivity index (χ0) is 16.2. The van der Waals surface area contributed by atoms with Gasteiger partial charge in [-0.3, -0.25) is 9.89 Å². The van der Waals surface area contributed by atoms with Gasteiger partial charge in [0.1, 0.15) is 11.5 Å². The molecule has 1 amide bonds. The van der Waals surface area contributed by atoms with Gasteiger partial charge in [0.25, 0.3) is 5.91 Å². The van der Waals surface area contributed by atoms with Gasteiger partial charge in [-0.15, -0.1) is 0 Å². The molecule has 1 aromatic carbocycles. The number of aromatic nitrogens is 2. The lowest BCUT2D eigenvalue weighted by molar-refractivity contribution is 0.0950. The molecule has 0 unspecified atom stereocenters. The quantitative estimate of drug-likeness (QED) is 0.568. The monoisotopic (exact) mass is 332 g/mol. The molecule has 0 aliphatic heterocycles. The molecule has 0 atom stereocenters. The van der Waals surface area contributed by atoms with Crippen molar-refractivity contribution in [3.8, 4) is 11.5 Å². The molecule has 2 heterocycles. The van der Waals surface area contributed by atoms with Crippen molar-refractivity contribution in [3.05, 3.63) is 64.8 Å². The van der Waals surface area contributed by atoms with E-state index in [9.17, 15) is 9.18 Å². The molecule has 0 saturated heterocycles. The van der Waals surface area contributed by atoms with Crippen LogP contribution in [0.1, 0.15) is 16.1 Å². The first-order valence-corrected chi connectivity index (χ1v) is 6.89. The molecule has 6 nitrogen and oxygen atoms in total. The van der Waals surface area contributed by atoms with Crippen LogP contribution >= 0.6 is 11.6 Å². The number of rotatable bonds is 4. The predicted octanol–water partition coefficient (Wildman–Crippen LogP) is 3.23. The molecule has 0 saturated carbocycles. The highest BCUT2D eigenvalue weighted by Gasteiger charge is 2.12. The Morgan fingerprint density at radius 1 is 1.39 bits per heavy atom. The van der Waals surface area contributed by atoms with E-state index in [1.165, 1.54) is 30.5 Å². The smallest absolute Gasteiger partial charge is 0.291 e. The van der Waals surface area contributed by atoms with Crippen LogP contribution in [0.5, 0.6) is 0 Å². The average molecular weight is 333 g/mol. The number of nitrogens with one attached hydrogen (secondary N) is 2. The van der Waals surface area contributed by atoms with Crippen molar-refractivity contribution in [1.82, 2.24) is 15.6 Å². The van der Waals surface area contributed by atoms with E-state index in [1.807, 2.05) is 0 Å². The minimum absolute atomic E-state index is 0.0905. The lowest BCUT2D eigenvalue weighted by atomic mass is 10.2. The van der Waals surface area contributed by atoms with Crippen molar-refractivity contribution in [2.24, 2.45) is 5.10 Å². The molecule has 116 valence electrons. The number of benzene rings is 1. The molecule has 8 heteroatoms. The van der Waals surface area contributed by atoms with E-state index in [1.54, 1.807) is 12.1 Å². The van der Waals surface area contributed by atoms with Crippen molar-refractivity contribution in [3.63, 3.8) is 0 Å². The summed E-state index contributed by atoms with van der Waals surface area (Å²) in [5.74, 6) is -0.531. The molecular formula is C15H10ClFN4O2. The molecule has 0 fully saturated rings. The number of carbonyl (C=O) groups is 1. The number of carbonyl (C=O) groups excluding carboxylic acids is 1. The van der Waals surface area contributed by atoms with Crippen molar-refractivity contribution in [2.45, 2.75) is 0 Å². The number of hydrazone groups is 1. The van der Waals surface area contributed by atoms with Crippen molar-refractivity contribution < 1.29 is 13.6 Å². The molecule has 0 radical (unpaired) electrons. The first-order valence-electron chi connectivity index (χ1n) is 6.52. The molecule has 0 aliphatic rings. The lowest BCUT2D eigenvalue weighted by Gasteiger charge is -1.99. The molecule has 0 spiro atoms. The summed E-state index contributed by atoms with van der Waals surface area (Å²) in [6, 6.07) is 9.22. The number of hydrogen-bond donors (Lipinski definition) is 2.